The van der Waals surface area contributed by atoms with Crippen molar-refractivity contribution < 1.29 is 43.4 Å². The van der Waals surface area contributed by atoms with E-state index in [0.717, 1.165) is 12.8 Å². The molecule has 4 rings (SSSR count). The van der Waals surface area contributed by atoms with Crippen LogP contribution < -0.4 is 20.7 Å². The molecule has 0 aromatic heterocycles. The van der Waals surface area contributed by atoms with Gasteiger partial charge >= 0.3 is 18.0 Å². The Kier molecular flexibility index (Phi) is 14.1. The fraction of sp³-hybridized carbons (Fsp3) is 0.457. The average molecular weight is 696 g/mol. The van der Waals surface area contributed by atoms with E-state index in [-0.39, 0.29) is 61.9 Å². The molecule has 1 saturated heterocycles. The minimum absolute atomic E-state index is 0.0550. The van der Waals surface area contributed by atoms with Crippen molar-refractivity contribution in [2.45, 2.75) is 44.8 Å². The molecule has 4 N–H and O–H groups in total. The van der Waals surface area contributed by atoms with Gasteiger partial charge in [0, 0.05) is 50.1 Å². The number of nitro groups is 1. The first-order valence-corrected chi connectivity index (χ1v) is 16.5. The smallest absolute Gasteiger partial charge is 0.336 e. The number of nitrogens with zero attached hydrogens (tertiary/aromatic N) is 2. The monoisotopic (exact) mass is 695 g/mol. The number of benzene rings is 2. The number of non-ortho nitro benzene ring substituents is 1. The lowest BCUT2D eigenvalue weighted by Crippen LogP contribution is -2.50. The van der Waals surface area contributed by atoms with E-state index in [1.807, 2.05) is 30.3 Å². The first-order chi connectivity index (χ1) is 24.1. The molecule has 2 aromatic rings. The topological polar surface area (TPSA) is 191 Å². The number of nitro benzene ring substituents is 1. The molecule has 2 aromatic carbocycles. The quantitative estimate of drug-likeness (QED) is 0.0871. The van der Waals surface area contributed by atoms with Gasteiger partial charge in [0.25, 0.3) is 5.69 Å². The molecule has 15 heteroatoms. The Morgan fingerprint density at radius 1 is 1.08 bits per heavy atom. The van der Waals surface area contributed by atoms with Crippen LogP contribution in [-0.4, -0.2) is 105 Å². The zero-order valence-electron chi connectivity index (χ0n) is 28.5. The van der Waals surface area contributed by atoms with Gasteiger partial charge in [-0.05, 0) is 44.4 Å². The summed E-state index contributed by atoms with van der Waals surface area (Å²) < 4.78 is 21.8. The van der Waals surface area contributed by atoms with Gasteiger partial charge in [0.15, 0.2) is 0 Å². The number of urea groups is 1. The number of esters is 2. The third kappa shape index (κ3) is 10.3. The summed E-state index contributed by atoms with van der Waals surface area (Å²) in [7, 11) is 1.21. The molecule has 270 valence electrons. The summed E-state index contributed by atoms with van der Waals surface area (Å²) in [6, 6.07) is 15.0. The van der Waals surface area contributed by atoms with E-state index >= 15 is 0 Å². The van der Waals surface area contributed by atoms with Gasteiger partial charge in [0.05, 0.1) is 54.6 Å². The van der Waals surface area contributed by atoms with Crippen molar-refractivity contribution in [3.05, 3.63) is 92.8 Å². The zero-order chi connectivity index (χ0) is 36.0. The largest absolute Gasteiger partial charge is 0.491 e. The first kappa shape index (κ1) is 37.8. The lowest BCUT2D eigenvalue weighted by Gasteiger charge is -2.33. The van der Waals surface area contributed by atoms with Crippen LogP contribution in [0.3, 0.4) is 0 Å². The molecule has 2 aliphatic heterocycles. The number of methoxy groups -OCH3 is 1. The van der Waals surface area contributed by atoms with Gasteiger partial charge in [0.1, 0.15) is 18.5 Å². The van der Waals surface area contributed by atoms with Crippen molar-refractivity contribution in [1.29, 1.82) is 0 Å². The minimum Gasteiger partial charge on any atom is -0.491 e. The fourth-order valence-electron chi connectivity index (χ4n) is 5.87. The Morgan fingerprint density at radius 3 is 2.50 bits per heavy atom. The predicted octanol–water partition coefficient (Wildman–Crippen LogP) is 2.77. The normalized spacial score (nSPS) is 17.1. The Morgan fingerprint density at radius 2 is 1.82 bits per heavy atom. The molecular weight excluding hydrogens is 650 g/mol. The van der Waals surface area contributed by atoms with Crippen LogP contribution in [0.5, 0.6) is 5.75 Å². The summed E-state index contributed by atoms with van der Waals surface area (Å²) in [4.78, 5) is 51.8. The fourth-order valence-corrected chi connectivity index (χ4v) is 5.87. The average Bonchev–Trinajstić information content (AvgIpc) is 3.13. The lowest BCUT2D eigenvalue weighted by molar-refractivity contribution is -0.384. The number of aliphatic hydroxyl groups is 1. The van der Waals surface area contributed by atoms with Crippen LogP contribution in [0.2, 0.25) is 0 Å². The van der Waals surface area contributed by atoms with Gasteiger partial charge in [-0.1, -0.05) is 30.3 Å². The number of hydrogen-bond donors (Lipinski definition) is 4. The number of allylic oxidation sites excluding steroid dienone is 1. The number of rotatable bonds is 16. The van der Waals surface area contributed by atoms with E-state index in [2.05, 4.69) is 16.0 Å². The summed E-state index contributed by atoms with van der Waals surface area (Å²) in [5.41, 5.74) is 1.02. The number of likely N-dealkylation sites (tertiary alicyclic amines) is 1. The van der Waals surface area contributed by atoms with Crippen LogP contribution in [0, 0.1) is 10.1 Å². The van der Waals surface area contributed by atoms with Gasteiger partial charge in [-0.2, -0.15) is 0 Å². The van der Waals surface area contributed by atoms with Crippen molar-refractivity contribution in [3.63, 3.8) is 0 Å². The van der Waals surface area contributed by atoms with E-state index < -0.39 is 28.9 Å². The van der Waals surface area contributed by atoms with Gasteiger partial charge in [-0.15, -0.1) is 0 Å². The number of carbonyl (C=O) groups excluding carboxylic acids is 3. The summed E-state index contributed by atoms with van der Waals surface area (Å²) in [6.07, 6.45) is 0.808. The molecule has 0 radical (unpaired) electrons. The predicted molar refractivity (Wildman–Crippen MR) is 182 cm³/mol. The highest BCUT2D eigenvalue weighted by molar-refractivity contribution is 6.00. The Bertz CT molecular complexity index is 1560. The molecule has 1 fully saturated rings. The van der Waals surface area contributed by atoms with Gasteiger partial charge < -0.3 is 44.9 Å². The molecule has 2 aliphatic rings. The maximum Gasteiger partial charge on any atom is 0.336 e. The van der Waals surface area contributed by atoms with Gasteiger partial charge in [-0.3, -0.25) is 10.1 Å². The standard InChI is InChI=1S/C35H45N5O10/c1-4-49-34(43)32-29(38-23(2)30(33(42)47-3)31(32)24-9-8-10-26(19-24)40(45)46)22-48-18-15-36-35(44)39-16-13-25(14-17-39)37-20-27(41)21-50-28-11-6-5-7-12-28/h5-12,19,25,27,31,37-38,41H,4,13-18,20-22H2,1-3H3,(H,36,44). The van der Waals surface area contributed by atoms with Gasteiger partial charge in [0.2, 0.25) is 0 Å². The number of aliphatic hydroxyl groups excluding tert-OH is 1. The van der Waals surface area contributed by atoms with Crippen molar-refractivity contribution in [2.24, 2.45) is 0 Å². The number of dihydropyridines is 1. The highest BCUT2D eigenvalue weighted by atomic mass is 16.6. The van der Waals surface area contributed by atoms with E-state index in [1.165, 1.54) is 25.3 Å². The number of amides is 2. The van der Waals surface area contributed by atoms with Crippen LogP contribution in [0.15, 0.2) is 77.1 Å². The van der Waals surface area contributed by atoms with E-state index in [1.54, 1.807) is 24.8 Å². The van der Waals surface area contributed by atoms with E-state index in [4.69, 9.17) is 18.9 Å². The van der Waals surface area contributed by atoms with Crippen molar-refractivity contribution in [1.82, 2.24) is 20.9 Å². The van der Waals surface area contributed by atoms with Gasteiger partial charge in [-0.25, -0.2) is 14.4 Å². The third-order valence-electron chi connectivity index (χ3n) is 8.34. The van der Waals surface area contributed by atoms with Crippen LogP contribution in [0.1, 0.15) is 38.2 Å². The highest BCUT2D eigenvalue weighted by Crippen LogP contribution is 2.40. The van der Waals surface area contributed by atoms with Crippen LogP contribution >= 0.6 is 0 Å². The van der Waals surface area contributed by atoms with E-state index in [0.29, 0.717) is 42.3 Å². The maximum absolute atomic E-state index is 13.3. The van der Waals surface area contributed by atoms with Crippen molar-refractivity contribution >= 4 is 23.7 Å². The summed E-state index contributed by atoms with van der Waals surface area (Å²) >= 11 is 0. The van der Waals surface area contributed by atoms with Crippen molar-refractivity contribution in [3.8, 4) is 5.75 Å². The van der Waals surface area contributed by atoms with Crippen LogP contribution in [-0.2, 0) is 23.8 Å². The molecule has 2 heterocycles. The highest BCUT2D eigenvalue weighted by Gasteiger charge is 2.39. The molecule has 2 unspecified atom stereocenters. The molecule has 0 spiro atoms. The number of piperidine rings is 1. The SMILES string of the molecule is CCOC(=O)C1=C(COCCNC(=O)N2CCC(NCC(O)COc3ccccc3)CC2)NC(C)=C(C(=O)OC)C1c1cccc([N+](=O)[O-])c1. The molecule has 2 amide bonds. The molecule has 15 nitrogen and oxygen atoms in total. The number of ether oxygens (including phenoxy) is 4. The molecular formula is C35H45N5O10. The summed E-state index contributed by atoms with van der Waals surface area (Å²) in [5.74, 6) is -1.75. The second-order valence-electron chi connectivity index (χ2n) is 11.8. The molecule has 0 saturated carbocycles. The molecule has 50 heavy (non-hydrogen) atoms. The number of carbonyl (C=O) groups is 3. The number of nitrogens with one attached hydrogen (secondary N) is 3. The lowest BCUT2D eigenvalue weighted by atomic mass is 9.80. The minimum atomic E-state index is -1.02. The molecule has 2 atom stereocenters. The number of para-hydroxylation sites is 1. The Hall–Kier alpha value is -4.99. The van der Waals surface area contributed by atoms with Crippen LogP contribution in [0.25, 0.3) is 0 Å². The summed E-state index contributed by atoms with van der Waals surface area (Å²) in [6.45, 7) is 5.22. The summed E-state index contributed by atoms with van der Waals surface area (Å²) in [5, 5.41) is 31.1. The third-order valence-corrected chi connectivity index (χ3v) is 8.34. The van der Waals surface area contributed by atoms with E-state index in [9.17, 15) is 29.6 Å². The number of hydrogen-bond acceptors (Lipinski definition) is 12. The first-order valence-electron chi connectivity index (χ1n) is 16.5. The molecule has 0 aliphatic carbocycles. The zero-order valence-corrected chi connectivity index (χ0v) is 28.5. The Labute approximate surface area is 290 Å². The van der Waals surface area contributed by atoms with Crippen molar-refractivity contribution in [2.75, 3.05) is 59.7 Å². The second-order valence-corrected chi connectivity index (χ2v) is 11.8. The maximum atomic E-state index is 13.3. The second kappa shape index (κ2) is 18.7. The molecule has 0 bridgehead atoms. The van der Waals surface area contributed by atoms with Crippen LogP contribution in [0.4, 0.5) is 10.5 Å². The Balaban J connectivity index is 1.29.